The smallest absolute Gasteiger partial charge is 0.0720 e. The van der Waals surface area contributed by atoms with Crippen LogP contribution in [0.3, 0.4) is 0 Å². The molecule has 0 spiro atoms. The molecule has 1 aromatic carbocycles. The van der Waals surface area contributed by atoms with Crippen molar-refractivity contribution in [2.24, 2.45) is 0 Å². The average molecular weight is 247 g/mol. The van der Waals surface area contributed by atoms with Gasteiger partial charge in [-0.1, -0.05) is 6.07 Å². The lowest BCUT2D eigenvalue weighted by atomic mass is 9.86. The lowest BCUT2D eigenvalue weighted by molar-refractivity contribution is -0.133. The minimum atomic E-state index is 0.139. The average Bonchev–Trinajstić information content (AvgIpc) is 2.80. The summed E-state index contributed by atoms with van der Waals surface area (Å²) in [6, 6.07) is 5.78. The first kappa shape index (κ1) is 11.8. The van der Waals surface area contributed by atoms with E-state index in [1.54, 1.807) is 0 Å². The summed E-state index contributed by atoms with van der Waals surface area (Å²) in [4.78, 5) is 2.56. The van der Waals surface area contributed by atoms with E-state index in [0.29, 0.717) is 0 Å². The van der Waals surface area contributed by atoms with Crippen LogP contribution in [-0.2, 0) is 11.2 Å². The molecule has 0 atom stereocenters. The molecule has 3 rings (SSSR count). The number of nitrogens with two attached hydrogens (primary N) is 2. The predicted molar refractivity (Wildman–Crippen MR) is 73.3 cm³/mol. The van der Waals surface area contributed by atoms with Gasteiger partial charge in [-0.15, -0.1) is 0 Å². The van der Waals surface area contributed by atoms with Gasteiger partial charge in [-0.2, -0.15) is 0 Å². The van der Waals surface area contributed by atoms with Crippen molar-refractivity contribution in [3.8, 4) is 0 Å². The zero-order valence-corrected chi connectivity index (χ0v) is 10.7. The fraction of sp³-hybridized carbons (Fsp3) is 0.571. The minimum Gasteiger partial charge on any atom is -0.398 e. The van der Waals surface area contributed by atoms with Gasteiger partial charge in [0.15, 0.2) is 0 Å². The summed E-state index contributed by atoms with van der Waals surface area (Å²) in [5, 5.41) is 0. The molecule has 4 heteroatoms. The van der Waals surface area contributed by atoms with Crippen molar-refractivity contribution < 1.29 is 4.74 Å². The number of hydrogen-bond donors (Lipinski definition) is 2. The molecule has 2 aliphatic rings. The zero-order chi connectivity index (χ0) is 12.6. The van der Waals surface area contributed by atoms with Crippen molar-refractivity contribution in [2.45, 2.75) is 24.8 Å². The second-order valence-corrected chi connectivity index (χ2v) is 5.50. The van der Waals surface area contributed by atoms with Gasteiger partial charge >= 0.3 is 0 Å². The first-order valence-electron chi connectivity index (χ1n) is 6.67. The van der Waals surface area contributed by atoms with E-state index >= 15 is 0 Å². The first-order chi connectivity index (χ1) is 8.71. The fourth-order valence-corrected chi connectivity index (χ4v) is 3.08. The molecule has 0 aromatic heterocycles. The number of likely N-dealkylation sites (tertiary alicyclic amines) is 1. The SMILES string of the molecule is Nc1cccc(N)c1CC1(N2CCCC2)COC1. The van der Waals surface area contributed by atoms with Crippen molar-refractivity contribution in [2.75, 3.05) is 37.8 Å². The molecular weight excluding hydrogens is 226 g/mol. The number of anilines is 2. The maximum atomic E-state index is 6.07. The highest BCUT2D eigenvalue weighted by Gasteiger charge is 2.45. The van der Waals surface area contributed by atoms with E-state index in [4.69, 9.17) is 16.2 Å². The molecule has 0 bridgehead atoms. The molecule has 98 valence electrons. The van der Waals surface area contributed by atoms with Crippen LogP contribution in [0, 0.1) is 0 Å². The number of rotatable bonds is 3. The zero-order valence-electron chi connectivity index (χ0n) is 10.7. The third kappa shape index (κ3) is 1.85. The Morgan fingerprint density at radius 3 is 2.22 bits per heavy atom. The molecule has 4 N–H and O–H groups in total. The van der Waals surface area contributed by atoms with Crippen LogP contribution < -0.4 is 11.5 Å². The highest BCUT2D eigenvalue weighted by Crippen LogP contribution is 2.35. The predicted octanol–water partition coefficient (Wildman–Crippen LogP) is 1.26. The van der Waals surface area contributed by atoms with E-state index in [1.807, 2.05) is 18.2 Å². The maximum Gasteiger partial charge on any atom is 0.0720 e. The third-order valence-corrected chi connectivity index (χ3v) is 4.27. The lowest BCUT2D eigenvalue weighted by Crippen LogP contribution is -2.62. The third-order valence-electron chi connectivity index (χ3n) is 4.27. The van der Waals surface area contributed by atoms with Gasteiger partial charge in [0.1, 0.15) is 0 Å². The molecule has 2 heterocycles. The van der Waals surface area contributed by atoms with Crippen LogP contribution in [0.5, 0.6) is 0 Å². The number of benzene rings is 1. The largest absolute Gasteiger partial charge is 0.398 e. The Labute approximate surface area is 108 Å². The van der Waals surface area contributed by atoms with Crippen molar-refractivity contribution in [3.05, 3.63) is 23.8 Å². The normalized spacial score (nSPS) is 22.9. The van der Waals surface area contributed by atoms with Gasteiger partial charge in [-0.05, 0) is 50.0 Å². The molecule has 18 heavy (non-hydrogen) atoms. The molecule has 4 nitrogen and oxygen atoms in total. The molecule has 0 amide bonds. The van der Waals surface area contributed by atoms with Crippen LogP contribution in [0.15, 0.2) is 18.2 Å². The fourth-order valence-electron chi connectivity index (χ4n) is 3.08. The van der Waals surface area contributed by atoms with Crippen LogP contribution in [0.25, 0.3) is 0 Å². The molecule has 1 aromatic rings. The Hall–Kier alpha value is -1.26. The number of nitrogens with zero attached hydrogens (tertiary/aromatic N) is 1. The van der Waals surface area contributed by atoms with E-state index < -0.39 is 0 Å². The summed E-state index contributed by atoms with van der Waals surface area (Å²) in [5.74, 6) is 0. The topological polar surface area (TPSA) is 64.5 Å². The summed E-state index contributed by atoms with van der Waals surface area (Å²) in [7, 11) is 0. The monoisotopic (exact) mass is 247 g/mol. The Morgan fingerprint density at radius 2 is 1.72 bits per heavy atom. The van der Waals surface area contributed by atoms with E-state index in [-0.39, 0.29) is 5.54 Å². The van der Waals surface area contributed by atoms with Gasteiger partial charge in [-0.25, -0.2) is 0 Å². The molecule has 2 aliphatic heterocycles. The standard InChI is InChI=1S/C14H21N3O/c15-12-4-3-5-13(16)11(12)8-14(9-18-10-14)17-6-1-2-7-17/h3-5H,1-2,6-10,15-16H2. The second kappa shape index (κ2) is 4.44. The molecule has 2 fully saturated rings. The summed E-state index contributed by atoms with van der Waals surface area (Å²) < 4.78 is 5.48. The van der Waals surface area contributed by atoms with Crippen LogP contribution in [0.1, 0.15) is 18.4 Å². The van der Waals surface area contributed by atoms with Crippen molar-refractivity contribution >= 4 is 11.4 Å². The Bertz CT molecular complexity index is 416. The summed E-state index contributed by atoms with van der Waals surface area (Å²) in [6.45, 7) is 3.97. The highest BCUT2D eigenvalue weighted by atomic mass is 16.5. The van der Waals surface area contributed by atoms with Gasteiger partial charge in [0.2, 0.25) is 0 Å². The number of hydrogen-bond acceptors (Lipinski definition) is 4. The highest BCUT2D eigenvalue weighted by molar-refractivity contribution is 5.61. The second-order valence-electron chi connectivity index (χ2n) is 5.50. The van der Waals surface area contributed by atoms with Crippen molar-refractivity contribution in [1.82, 2.24) is 4.90 Å². The number of ether oxygens (including phenoxy) is 1. The molecule has 0 radical (unpaired) electrons. The van der Waals surface area contributed by atoms with Crippen LogP contribution in [0.2, 0.25) is 0 Å². The molecule has 2 saturated heterocycles. The van der Waals surface area contributed by atoms with Crippen molar-refractivity contribution in [3.63, 3.8) is 0 Å². The van der Waals surface area contributed by atoms with Gasteiger partial charge in [-0.3, -0.25) is 4.90 Å². The van der Waals surface area contributed by atoms with Crippen molar-refractivity contribution in [1.29, 1.82) is 0 Å². The van der Waals surface area contributed by atoms with Gasteiger partial charge in [0.25, 0.3) is 0 Å². The Balaban J connectivity index is 1.85. The molecule has 0 aliphatic carbocycles. The lowest BCUT2D eigenvalue weighted by Gasteiger charge is -2.48. The van der Waals surface area contributed by atoms with E-state index in [0.717, 1.165) is 36.6 Å². The maximum absolute atomic E-state index is 6.07. The van der Waals surface area contributed by atoms with Crippen LogP contribution in [0.4, 0.5) is 11.4 Å². The van der Waals surface area contributed by atoms with E-state index in [9.17, 15) is 0 Å². The first-order valence-corrected chi connectivity index (χ1v) is 6.67. The van der Waals surface area contributed by atoms with E-state index in [2.05, 4.69) is 4.90 Å². The number of nitrogen functional groups attached to an aromatic ring is 2. The van der Waals surface area contributed by atoms with Gasteiger partial charge < -0.3 is 16.2 Å². The summed E-state index contributed by atoms with van der Waals surface area (Å²) >= 11 is 0. The molecule has 0 unspecified atom stereocenters. The summed E-state index contributed by atoms with van der Waals surface area (Å²) in [5.41, 5.74) is 15.0. The molecule has 0 saturated carbocycles. The van der Waals surface area contributed by atoms with Gasteiger partial charge in [0, 0.05) is 11.4 Å². The van der Waals surface area contributed by atoms with Gasteiger partial charge in [0.05, 0.1) is 18.8 Å². The molecular formula is C14H21N3O. The van der Waals surface area contributed by atoms with Crippen LogP contribution >= 0.6 is 0 Å². The quantitative estimate of drug-likeness (QED) is 0.789. The minimum absolute atomic E-state index is 0.139. The Morgan fingerprint density at radius 1 is 1.11 bits per heavy atom. The van der Waals surface area contributed by atoms with Crippen LogP contribution in [-0.4, -0.2) is 36.7 Å². The Kier molecular flexibility index (Phi) is 2.92. The van der Waals surface area contributed by atoms with E-state index in [1.165, 1.54) is 25.9 Å². The summed E-state index contributed by atoms with van der Waals surface area (Å²) in [6.07, 6.45) is 3.49.